The van der Waals surface area contributed by atoms with Gasteiger partial charge >= 0.3 is 11.9 Å². The van der Waals surface area contributed by atoms with Crippen LogP contribution in [-0.2, 0) is 4.79 Å². The number of hydrogen-bond donors (Lipinski definition) is 3. The molecule has 9 nitrogen and oxygen atoms in total. The molecule has 1 aliphatic rings. The number of anilines is 1. The lowest BCUT2D eigenvalue weighted by atomic mass is 10.1. The van der Waals surface area contributed by atoms with Crippen LogP contribution in [0.25, 0.3) is 0 Å². The van der Waals surface area contributed by atoms with E-state index in [0.29, 0.717) is 0 Å². The number of carbonyl (C=O) groups is 5. The molecule has 3 amide bonds. The molecule has 1 atom stereocenters. The van der Waals surface area contributed by atoms with E-state index in [4.69, 9.17) is 10.2 Å². The lowest BCUT2D eigenvalue weighted by molar-refractivity contribution is -0.119. The first-order valence-corrected chi connectivity index (χ1v) is 8.10. The minimum absolute atomic E-state index is 0.0780. The quantitative estimate of drug-likeness (QED) is 0.668. The Morgan fingerprint density at radius 1 is 0.893 bits per heavy atom. The zero-order valence-electron chi connectivity index (χ0n) is 14.5. The van der Waals surface area contributed by atoms with E-state index in [1.807, 2.05) is 0 Å². The molecule has 0 spiro atoms. The largest absolute Gasteiger partial charge is 0.478 e. The summed E-state index contributed by atoms with van der Waals surface area (Å²) in [4.78, 5) is 60.6. The summed E-state index contributed by atoms with van der Waals surface area (Å²) < 4.78 is 0. The van der Waals surface area contributed by atoms with Crippen LogP contribution in [0.3, 0.4) is 0 Å². The van der Waals surface area contributed by atoms with E-state index in [0.717, 1.165) is 23.1 Å². The van der Waals surface area contributed by atoms with E-state index in [-0.39, 0.29) is 27.9 Å². The van der Waals surface area contributed by atoms with Crippen LogP contribution in [0.5, 0.6) is 0 Å². The van der Waals surface area contributed by atoms with E-state index in [1.165, 1.54) is 19.1 Å². The van der Waals surface area contributed by atoms with Crippen LogP contribution < -0.4 is 5.32 Å². The molecule has 0 saturated carbocycles. The van der Waals surface area contributed by atoms with Crippen molar-refractivity contribution in [3.8, 4) is 0 Å². The Hall–Kier alpha value is -4.01. The van der Waals surface area contributed by atoms with Crippen molar-refractivity contribution in [3.63, 3.8) is 0 Å². The minimum atomic E-state index is -1.37. The molecule has 0 radical (unpaired) electrons. The first-order valence-electron chi connectivity index (χ1n) is 8.10. The maximum absolute atomic E-state index is 12.6. The molecular formula is C19H14N2O7. The van der Waals surface area contributed by atoms with Gasteiger partial charge in [0.2, 0.25) is 5.91 Å². The maximum atomic E-state index is 12.6. The Bertz CT molecular complexity index is 977. The molecule has 3 rings (SSSR count). The zero-order chi connectivity index (χ0) is 20.6. The van der Waals surface area contributed by atoms with E-state index >= 15 is 0 Å². The third-order valence-electron chi connectivity index (χ3n) is 4.29. The molecule has 1 aliphatic heterocycles. The average molecular weight is 382 g/mol. The van der Waals surface area contributed by atoms with Gasteiger partial charge in [0.25, 0.3) is 11.8 Å². The van der Waals surface area contributed by atoms with Crippen LogP contribution >= 0.6 is 0 Å². The van der Waals surface area contributed by atoms with E-state index in [2.05, 4.69) is 5.32 Å². The standard InChI is InChI=1S/C19H14N2O7/c1-9(21-16(23)13-4-2-3-5-14(13)17(21)24)15(22)20-12-7-10(18(25)26)6-11(8-12)19(27)28/h2-9H,1H3,(H,20,22)(H,25,26)(H,27,28)/t9-/m0/s1. The fraction of sp³-hybridized carbons (Fsp3) is 0.105. The van der Waals surface area contributed by atoms with Gasteiger partial charge in [-0.15, -0.1) is 0 Å². The van der Waals surface area contributed by atoms with Crippen molar-refractivity contribution in [1.29, 1.82) is 0 Å². The van der Waals surface area contributed by atoms with E-state index in [9.17, 15) is 24.0 Å². The molecule has 2 aromatic rings. The highest BCUT2D eigenvalue weighted by Crippen LogP contribution is 2.25. The van der Waals surface area contributed by atoms with Crippen molar-refractivity contribution in [2.45, 2.75) is 13.0 Å². The number of nitrogens with zero attached hydrogens (tertiary/aromatic N) is 1. The summed E-state index contributed by atoms with van der Waals surface area (Å²) in [6, 6.07) is 8.09. The number of aromatic carboxylic acids is 2. The molecular weight excluding hydrogens is 368 g/mol. The molecule has 9 heteroatoms. The van der Waals surface area contributed by atoms with Crippen LogP contribution in [0.15, 0.2) is 42.5 Å². The Labute approximate surface area is 158 Å². The fourth-order valence-corrected chi connectivity index (χ4v) is 2.87. The number of fused-ring (bicyclic) bond motifs is 1. The summed E-state index contributed by atoms with van der Waals surface area (Å²) in [5, 5.41) is 20.6. The lowest BCUT2D eigenvalue weighted by Crippen LogP contribution is -2.45. The van der Waals surface area contributed by atoms with Gasteiger partial charge in [0, 0.05) is 5.69 Å². The predicted molar refractivity (Wildman–Crippen MR) is 95.4 cm³/mol. The number of hydrogen-bond acceptors (Lipinski definition) is 5. The van der Waals surface area contributed by atoms with Crippen molar-refractivity contribution < 1.29 is 34.2 Å². The third kappa shape index (κ3) is 3.20. The van der Waals surface area contributed by atoms with E-state index < -0.39 is 35.7 Å². The van der Waals surface area contributed by atoms with Crippen LogP contribution in [0.4, 0.5) is 5.69 Å². The fourth-order valence-electron chi connectivity index (χ4n) is 2.87. The zero-order valence-corrected chi connectivity index (χ0v) is 14.5. The average Bonchev–Trinajstić information content (AvgIpc) is 2.91. The topological polar surface area (TPSA) is 141 Å². The number of carboxylic acids is 2. The summed E-state index contributed by atoms with van der Waals surface area (Å²) in [7, 11) is 0. The monoisotopic (exact) mass is 382 g/mol. The maximum Gasteiger partial charge on any atom is 0.335 e. The van der Waals surface area contributed by atoms with Crippen molar-refractivity contribution in [2.75, 3.05) is 5.32 Å². The van der Waals surface area contributed by atoms with Crippen molar-refractivity contribution >= 4 is 35.3 Å². The normalized spacial score (nSPS) is 13.8. The van der Waals surface area contributed by atoms with Gasteiger partial charge in [-0.3, -0.25) is 19.3 Å². The van der Waals surface area contributed by atoms with Crippen LogP contribution in [0.1, 0.15) is 48.4 Å². The second-order valence-electron chi connectivity index (χ2n) is 6.10. The molecule has 142 valence electrons. The highest BCUT2D eigenvalue weighted by atomic mass is 16.4. The van der Waals surface area contributed by atoms with Crippen molar-refractivity contribution in [2.24, 2.45) is 0 Å². The van der Waals surface area contributed by atoms with Gasteiger partial charge in [0.15, 0.2) is 0 Å². The summed E-state index contributed by atoms with van der Waals surface area (Å²) >= 11 is 0. The molecule has 0 aliphatic carbocycles. The molecule has 2 aromatic carbocycles. The SMILES string of the molecule is C[C@@H](C(=O)Nc1cc(C(=O)O)cc(C(=O)O)c1)N1C(=O)c2ccccc2C1=O. The molecule has 0 fully saturated rings. The Balaban J connectivity index is 1.86. The third-order valence-corrected chi connectivity index (χ3v) is 4.29. The van der Waals surface area contributed by atoms with Gasteiger partial charge in [-0.25, -0.2) is 9.59 Å². The van der Waals surface area contributed by atoms with Gasteiger partial charge < -0.3 is 15.5 Å². The van der Waals surface area contributed by atoms with Crippen molar-refractivity contribution in [3.05, 3.63) is 64.7 Å². The number of rotatable bonds is 5. The molecule has 28 heavy (non-hydrogen) atoms. The first kappa shape index (κ1) is 18.8. The molecule has 0 bridgehead atoms. The number of carbonyl (C=O) groups excluding carboxylic acids is 3. The van der Waals surface area contributed by atoms with Gasteiger partial charge in [-0.05, 0) is 37.3 Å². The van der Waals surface area contributed by atoms with E-state index in [1.54, 1.807) is 12.1 Å². The lowest BCUT2D eigenvalue weighted by Gasteiger charge is -2.21. The number of amides is 3. The molecule has 3 N–H and O–H groups in total. The first-order chi connectivity index (χ1) is 13.2. The van der Waals surface area contributed by atoms with Gasteiger partial charge in [-0.1, -0.05) is 12.1 Å². The number of imide groups is 1. The second-order valence-corrected chi connectivity index (χ2v) is 6.10. The van der Waals surface area contributed by atoms with Crippen molar-refractivity contribution in [1.82, 2.24) is 4.90 Å². The Morgan fingerprint density at radius 2 is 1.36 bits per heavy atom. The molecule has 0 saturated heterocycles. The van der Waals surface area contributed by atoms with Gasteiger partial charge in [0.05, 0.1) is 22.3 Å². The Kier molecular flexibility index (Phi) is 4.66. The van der Waals surface area contributed by atoms with Gasteiger partial charge in [-0.2, -0.15) is 0 Å². The summed E-state index contributed by atoms with van der Waals surface area (Å²) in [5.74, 6) is -4.74. The summed E-state index contributed by atoms with van der Waals surface area (Å²) in [5.41, 5.74) is -0.362. The number of benzene rings is 2. The van der Waals surface area contributed by atoms with Crippen LogP contribution in [-0.4, -0.2) is 50.8 Å². The smallest absolute Gasteiger partial charge is 0.335 e. The predicted octanol–water partition coefficient (Wildman–Crippen LogP) is 1.71. The highest BCUT2D eigenvalue weighted by Gasteiger charge is 2.40. The molecule has 1 heterocycles. The Morgan fingerprint density at radius 3 is 1.79 bits per heavy atom. The molecule has 0 unspecified atom stereocenters. The van der Waals surface area contributed by atoms with Gasteiger partial charge in [0.1, 0.15) is 6.04 Å². The summed E-state index contributed by atoms with van der Waals surface area (Å²) in [6.07, 6.45) is 0. The highest BCUT2D eigenvalue weighted by molar-refractivity contribution is 6.23. The van der Waals surface area contributed by atoms with Crippen LogP contribution in [0.2, 0.25) is 0 Å². The number of carboxylic acid groups (broad SMARTS) is 2. The summed E-state index contributed by atoms with van der Waals surface area (Å²) in [6.45, 7) is 1.34. The second kappa shape index (κ2) is 6.95. The molecule has 0 aromatic heterocycles. The minimum Gasteiger partial charge on any atom is -0.478 e. The number of nitrogens with one attached hydrogen (secondary N) is 1. The van der Waals surface area contributed by atoms with Crippen LogP contribution in [0, 0.1) is 0 Å².